The molecule has 7 nitrogen and oxygen atoms in total. The van der Waals surface area contributed by atoms with Gasteiger partial charge in [-0.2, -0.15) is 0 Å². The number of carbonyl (C=O) groups is 1. The maximum atomic E-state index is 11.6. The highest BCUT2D eigenvalue weighted by atomic mass is 16.5. The quantitative estimate of drug-likeness (QED) is 0.694. The molecule has 1 aromatic heterocycles. The Kier molecular flexibility index (Phi) is 5.73. The first-order chi connectivity index (χ1) is 8.54. The number of ether oxygens (including phenoxy) is 1. The standard InChI is InChI=1S/C11H21N5O2/c1-8(6-18-4)14-10(17)5-12-9(2)11-15-13-7-16(11)3/h7-9,12H,5-6H2,1-4H3,(H,14,17). The van der Waals surface area contributed by atoms with Crippen LogP contribution in [0, 0.1) is 0 Å². The van der Waals surface area contributed by atoms with Crippen molar-refractivity contribution in [2.45, 2.75) is 25.9 Å². The van der Waals surface area contributed by atoms with Crippen LogP contribution in [-0.2, 0) is 16.6 Å². The summed E-state index contributed by atoms with van der Waals surface area (Å²) in [5.74, 6) is 0.737. The van der Waals surface area contributed by atoms with E-state index < -0.39 is 0 Å². The van der Waals surface area contributed by atoms with Crippen molar-refractivity contribution in [1.29, 1.82) is 0 Å². The summed E-state index contributed by atoms with van der Waals surface area (Å²) in [4.78, 5) is 11.6. The maximum Gasteiger partial charge on any atom is 0.234 e. The average molecular weight is 255 g/mol. The van der Waals surface area contributed by atoms with Crippen LogP contribution in [-0.4, -0.2) is 47.0 Å². The molecule has 0 aliphatic heterocycles. The number of nitrogens with one attached hydrogen (secondary N) is 2. The molecule has 0 saturated carbocycles. The van der Waals surface area contributed by atoms with Gasteiger partial charge in [-0.15, -0.1) is 10.2 Å². The van der Waals surface area contributed by atoms with Crippen LogP contribution >= 0.6 is 0 Å². The van der Waals surface area contributed by atoms with Gasteiger partial charge in [-0.3, -0.25) is 10.1 Å². The molecule has 0 aromatic carbocycles. The Morgan fingerprint density at radius 1 is 1.56 bits per heavy atom. The number of rotatable bonds is 7. The number of nitrogens with zero attached hydrogens (tertiary/aromatic N) is 3. The summed E-state index contributed by atoms with van der Waals surface area (Å²) in [7, 11) is 3.48. The van der Waals surface area contributed by atoms with Crippen LogP contribution in [0.2, 0.25) is 0 Å². The van der Waals surface area contributed by atoms with Gasteiger partial charge in [-0.05, 0) is 13.8 Å². The second kappa shape index (κ2) is 7.07. The molecule has 0 bridgehead atoms. The summed E-state index contributed by atoms with van der Waals surface area (Å²) < 4.78 is 6.77. The molecule has 0 radical (unpaired) electrons. The van der Waals surface area contributed by atoms with E-state index in [0.29, 0.717) is 6.61 Å². The molecular formula is C11H21N5O2. The van der Waals surface area contributed by atoms with Crippen LogP contribution in [0.25, 0.3) is 0 Å². The molecule has 7 heteroatoms. The van der Waals surface area contributed by atoms with Crippen molar-refractivity contribution in [2.24, 2.45) is 7.05 Å². The van der Waals surface area contributed by atoms with Crippen molar-refractivity contribution in [3.63, 3.8) is 0 Å². The second-order valence-electron chi connectivity index (χ2n) is 4.33. The Hall–Kier alpha value is -1.47. The van der Waals surface area contributed by atoms with E-state index in [1.807, 2.05) is 25.5 Å². The lowest BCUT2D eigenvalue weighted by atomic mass is 10.3. The minimum absolute atomic E-state index is 0.00874. The maximum absolute atomic E-state index is 11.6. The highest BCUT2D eigenvalue weighted by Gasteiger charge is 2.13. The van der Waals surface area contributed by atoms with Crippen LogP contribution in [0.1, 0.15) is 25.7 Å². The first-order valence-electron chi connectivity index (χ1n) is 5.90. The molecular weight excluding hydrogens is 234 g/mol. The highest BCUT2D eigenvalue weighted by molar-refractivity contribution is 5.78. The monoisotopic (exact) mass is 255 g/mol. The largest absolute Gasteiger partial charge is 0.383 e. The topological polar surface area (TPSA) is 81.1 Å². The fraction of sp³-hybridized carbons (Fsp3) is 0.727. The predicted molar refractivity (Wildman–Crippen MR) is 66.9 cm³/mol. The lowest BCUT2D eigenvalue weighted by Crippen LogP contribution is -2.41. The van der Waals surface area contributed by atoms with Crippen LogP contribution < -0.4 is 10.6 Å². The SMILES string of the molecule is COCC(C)NC(=O)CNC(C)c1nncn1C. The minimum atomic E-state index is -0.0615. The zero-order valence-electron chi connectivity index (χ0n) is 11.3. The summed E-state index contributed by atoms with van der Waals surface area (Å²) in [6, 6.07) is -0.0181. The Morgan fingerprint density at radius 3 is 2.83 bits per heavy atom. The van der Waals surface area contributed by atoms with Gasteiger partial charge in [-0.25, -0.2) is 0 Å². The fourth-order valence-corrected chi connectivity index (χ4v) is 1.64. The number of methoxy groups -OCH3 is 1. The van der Waals surface area contributed by atoms with Crippen molar-refractivity contribution in [2.75, 3.05) is 20.3 Å². The smallest absolute Gasteiger partial charge is 0.234 e. The Labute approximate surface area is 107 Å². The molecule has 1 aromatic rings. The lowest BCUT2D eigenvalue weighted by Gasteiger charge is -2.15. The molecule has 2 N–H and O–H groups in total. The summed E-state index contributed by atoms with van der Waals surface area (Å²) in [5, 5.41) is 13.7. The Morgan fingerprint density at radius 2 is 2.28 bits per heavy atom. The molecule has 0 aliphatic carbocycles. The fourth-order valence-electron chi connectivity index (χ4n) is 1.64. The van der Waals surface area contributed by atoms with Gasteiger partial charge < -0.3 is 14.6 Å². The number of hydrogen-bond donors (Lipinski definition) is 2. The number of hydrogen-bond acceptors (Lipinski definition) is 5. The number of aromatic nitrogens is 3. The van der Waals surface area contributed by atoms with Gasteiger partial charge in [0.1, 0.15) is 12.2 Å². The van der Waals surface area contributed by atoms with Crippen molar-refractivity contribution in [3.05, 3.63) is 12.2 Å². The molecule has 1 heterocycles. The van der Waals surface area contributed by atoms with E-state index >= 15 is 0 Å². The molecule has 2 atom stereocenters. The summed E-state index contributed by atoms with van der Waals surface area (Å²) in [6.07, 6.45) is 1.63. The summed E-state index contributed by atoms with van der Waals surface area (Å²) in [5.41, 5.74) is 0. The van der Waals surface area contributed by atoms with Crippen molar-refractivity contribution < 1.29 is 9.53 Å². The van der Waals surface area contributed by atoms with E-state index in [9.17, 15) is 4.79 Å². The molecule has 2 unspecified atom stereocenters. The first kappa shape index (κ1) is 14.6. The van der Waals surface area contributed by atoms with Crippen molar-refractivity contribution in [3.8, 4) is 0 Å². The van der Waals surface area contributed by atoms with E-state index in [1.165, 1.54) is 0 Å². The number of amides is 1. The molecule has 1 amide bonds. The van der Waals surface area contributed by atoms with Gasteiger partial charge in [0, 0.05) is 20.2 Å². The van der Waals surface area contributed by atoms with Crippen LogP contribution in [0.3, 0.4) is 0 Å². The van der Waals surface area contributed by atoms with Crippen LogP contribution in [0.15, 0.2) is 6.33 Å². The van der Waals surface area contributed by atoms with Gasteiger partial charge in [0.05, 0.1) is 19.2 Å². The lowest BCUT2D eigenvalue weighted by molar-refractivity contribution is -0.121. The third kappa shape index (κ3) is 4.42. The molecule has 0 fully saturated rings. The molecule has 102 valence electrons. The van der Waals surface area contributed by atoms with Crippen molar-refractivity contribution >= 4 is 5.91 Å². The average Bonchev–Trinajstić information content (AvgIpc) is 2.72. The Balaban J connectivity index is 2.32. The van der Waals surface area contributed by atoms with E-state index in [2.05, 4.69) is 20.8 Å². The second-order valence-corrected chi connectivity index (χ2v) is 4.33. The minimum Gasteiger partial charge on any atom is -0.383 e. The van der Waals surface area contributed by atoms with Gasteiger partial charge in [-0.1, -0.05) is 0 Å². The third-order valence-corrected chi connectivity index (χ3v) is 2.53. The van der Waals surface area contributed by atoms with Crippen LogP contribution in [0.4, 0.5) is 0 Å². The normalized spacial score (nSPS) is 14.2. The van der Waals surface area contributed by atoms with Gasteiger partial charge in [0.25, 0.3) is 0 Å². The highest BCUT2D eigenvalue weighted by Crippen LogP contribution is 2.05. The van der Waals surface area contributed by atoms with Gasteiger partial charge in [0.2, 0.25) is 5.91 Å². The van der Waals surface area contributed by atoms with Crippen LogP contribution in [0.5, 0.6) is 0 Å². The molecule has 0 aliphatic rings. The molecule has 0 spiro atoms. The van der Waals surface area contributed by atoms with Gasteiger partial charge in [0.15, 0.2) is 0 Å². The van der Waals surface area contributed by atoms with Crippen molar-refractivity contribution in [1.82, 2.24) is 25.4 Å². The zero-order chi connectivity index (χ0) is 13.5. The predicted octanol–water partition coefficient (Wildman–Crippen LogP) is -0.383. The van der Waals surface area contributed by atoms with Gasteiger partial charge >= 0.3 is 0 Å². The first-order valence-corrected chi connectivity index (χ1v) is 5.90. The van der Waals surface area contributed by atoms with E-state index in [0.717, 1.165) is 5.82 Å². The summed E-state index contributed by atoms with van der Waals surface area (Å²) >= 11 is 0. The van der Waals surface area contributed by atoms with E-state index in [-0.39, 0.29) is 24.5 Å². The third-order valence-electron chi connectivity index (χ3n) is 2.53. The van der Waals surface area contributed by atoms with E-state index in [1.54, 1.807) is 13.4 Å². The Bertz CT molecular complexity index is 379. The zero-order valence-corrected chi connectivity index (χ0v) is 11.3. The van der Waals surface area contributed by atoms with E-state index in [4.69, 9.17) is 4.74 Å². The summed E-state index contributed by atoms with van der Waals surface area (Å²) in [6.45, 7) is 4.58. The molecule has 18 heavy (non-hydrogen) atoms. The number of carbonyl (C=O) groups excluding carboxylic acids is 1. The number of aryl methyl sites for hydroxylation is 1. The molecule has 0 saturated heterocycles. The molecule has 1 rings (SSSR count).